The van der Waals surface area contributed by atoms with Crippen LogP contribution in [0.25, 0.3) is 5.70 Å². The van der Waals surface area contributed by atoms with Gasteiger partial charge in [-0.25, -0.2) is 0 Å². The number of nitrogens with one attached hydrogen (secondary N) is 1. The molecule has 0 aromatic heterocycles. The van der Waals surface area contributed by atoms with Gasteiger partial charge in [0.25, 0.3) is 0 Å². The van der Waals surface area contributed by atoms with Crippen LogP contribution in [0.4, 0.5) is 5.69 Å². The van der Waals surface area contributed by atoms with E-state index in [2.05, 4.69) is 17.4 Å². The molecule has 0 amide bonds. The molecule has 2 aromatic rings. The maximum absolute atomic E-state index is 5.57. The fourth-order valence-electron chi connectivity index (χ4n) is 1.73. The molecule has 1 N–H and O–H groups in total. The first-order valence-corrected chi connectivity index (χ1v) is 5.22. The van der Waals surface area contributed by atoms with Crippen LogP contribution in [0.3, 0.4) is 0 Å². The third-order valence-corrected chi connectivity index (χ3v) is 2.54. The molecule has 0 bridgehead atoms. The van der Waals surface area contributed by atoms with E-state index in [1.54, 1.807) is 6.26 Å². The minimum atomic E-state index is 0.863. The van der Waals surface area contributed by atoms with Gasteiger partial charge in [-0.1, -0.05) is 42.5 Å². The number of anilines is 1. The van der Waals surface area contributed by atoms with Crippen molar-refractivity contribution in [3.05, 3.63) is 66.4 Å². The molecule has 78 valence electrons. The molecule has 0 saturated carbocycles. The molecule has 2 aromatic carbocycles. The van der Waals surface area contributed by atoms with Crippen LogP contribution >= 0.6 is 0 Å². The van der Waals surface area contributed by atoms with E-state index in [1.165, 1.54) is 0 Å². The van der Waals surface area contributed by atoms with Crippen molar-refractivity contribution in [2.75, 3.05) is 5.32 Å². The van der Waals surface area contributed by atoms with Gasteiger partial charge in [0.05, 0.1) is 11.4 Å². The number of ether oxygens (including phenoxy) is 1. The van der Waals surface area contributed by atoms with E-state index in [1.807, 2.05) is 42.5 Å². The molecule has 0 unspecified atom stereocenters. The normalized spacial score (nSPS) is 13.1. The maximum atomic E-state index is 5.57. The van der Waals surface area contributed by atoms with E-state index in [-0.39, 0.29) is 0 Å². The Morgan fingerprint density at radius 2 is 1.56 bits per heavy atom. The minimum absolute atomic E-state index is 0.863. The second-order valence-electron chi connectivity index (χ2n) is 3.64. The predicted octanol–water partition coefficient (Wildman–Crippen LogP) is 3.49. The molecule has 0 atom stereocenters. The van der Waals surface area contributed by atoms with Crippen LogP contribution in [0.2, 0.25) is 0 Å². The second-order valence-corrected chi connectivity index (χ2v) is 3.64. The Morgan fingerprint density at radius 1 is 0.812 bits per heavy atom. The Kier molecular flexibility index (Phi) is 2.11. The Labute approximate surface area is 94.2 Å². The van der Waals surface area contributed by atoms with Crippen molar-refractivity contribution in [3.8, 4) is 5.75 Å². The first-order valence-electron chi connectivity index (χ1n) is 5.22. The summed E-state index contributed by atoms with van der Waals surface area (Å²) in [5.41, 5.74) is 3.11. The highest BCUT2D eigenvalue weighted by Gasteiger charge is 2.11. The Balaban J connectivity index is 1.95. The van der Waals surface area contributed by atoms with Gasteiger partial charge in [-0.2, -0.15) is 0 Å². The zero-order chi connectivity index (χ0) is 10.8. The SMILES string of the molecule is C1=C(c2ccccc2)Nc2ccccc2O1. The first kappa shape index (κ1) is 9.04. The van der Waals surface area contributed by atoms with Crippen LogP contribution in [0, 0.1) is 0 Å². The highest BCUT2D eigenvalue weighted by atomic mass is 16.5. The number of rotatable bonds is 1. The van der Waals surface area contributed by atoms with Crippen molar-refractivity contribution < 1.29 is 4.74 Å². The molecule has 0 aliphatic carbocycles. The van der Waals surface area contributed by atoms with Crippen LogP contribution in [0.1, 0.15) is 5.56 Å². The standard InChI is InChI=1S/C14H11NO/c1-2-6-11(7-3-1)13-10-16-14-9-5-4-8-12(14)15-13/h1-10,15H. The van der Waals surface area contributed by atoms with E-state index < -0.39 is 0 Å². The number of hydrogen-bond donors (Lipinski definition) is 1. The lowest BCUT2D eigenvalue weighted by Crippen LogP contribution is -2.06. The average Bonchev–Trinajstić information content (AvgIpc) is 2.39. The maximum Gasteiger partial charge on any atom is 0.150 e. The average molecular weight is 209 g/mol. The van der Waals surface area contributed by atoms with Crippen molar-refractivity contribution in [3.63, 3.8) is 0 Å². The number of para-hydroxylation sites is 2. The molecule has 0 spiro atoms. The third-order valence-electron chi connectivity index (χ3n) is 2.54. The number of fused-ring (bicyclic) bond motifs is 1. The monoisotopic (exact) mass is 209 g/mol. The van der Waals surface area contributed by atoms with Gasteiger partial charge >= 0.3 is 0 Å². The molecule has 0 radical (unpaired) electrons. The highest BCUT2D eigenvalue weighted by Crippen LogP contribution is 2.31. The molecule has 1 aliphatic heterocycles. The first-order chi connectivity index (χ1) is 7.93. The van der Waals surface area contributed by atoms with Gasteiger partial charge in [0.1, 0.15) is 12.0 Å². The van der Waals surface area contributed by atoms with Gasteiger partial charge < -0.3 is 10.1 Å². The summed E-state index contributed by atoms with van der Waals surface area (Å²) in [6.07, 6.45) is 1.75. The molecule has 16 heavy (non-hydrogen) atoms. The molecular weight excluding hydrogens is 198 g/mol. The van der Waals surface area contributed by atoms with Gasteiger partial charge in [0, 0.05) is 5.56 Å². The second kappa shape index (κ2) is 3.74. The molecule has 1 aliphatic rings. The summed E-state index contributed by atoms with van der Waals surface area (Å²) in [6, 6.07) is 18.0. The summed E-state index contributed by atoms with van der Waals surface area (Å²) >= 11 is 0. The van der Waals surface area contributed by atoms with Gasteiger partial charge in [0.15, 0.2) is 0 Å². The lowest BCUT2D eigenvalue weighted by atomic mass is 10.1. The fraction of sp³-hybridized carbons (Fsp3) is 0. The molecule has 0 saturated heterocycles. The zero-order valence-corrected chi connectivity index (χ0v) is 8.68. The van der Waals surface area contributed by atoms with Crippen molar-refractivity contribution in [1.29, 1.82) is 0 Å². The Hall–Kier alpha value is -2.22. The van der Waals surface area contributed by atoms with Gasteiger partial charge in [-0.05, 0) is 12.1 Å². The van der Waals surface area contributed by atoms with Crippen molar-refractivity contribution in [2.45, 2.75) is 0 Å². The van der Waals surface area contributed by atoms with Gasteiger partial charge in [-0.15, -0.1) is 0 Å². The van der Waals surface area contributed by atoms with Crippen LogP contribution in [0.15, 0.2) is 60.9 Å². The summed E-state index contributed by atoms with van der Waals surface area (Å²) in [6.45, 7) is 0. The Bertz CT molecular complexity index is 531. The number of benzene rings is 2. The van der Waals surface area contributed by atoms with Crippen molar-refractivity contribution in [2.24, 2.45) is 0 Å². The largest absolute Gasteiger partial charge is 0.461 e. The van der Waals surface area contributed by atoms with Crippen molar-refractivity contribution in [1.82, 2.24) is 0 Å². The lowest BCUT2D eigenvalue weighted by molar-refractivity contribution is 0.480. The summed E-state index contributed by atoms with van der Waals surface area (Å²) in [5.74, 6) is 0.863. The molecule has 0 fully saturated rings. The van der Waals surface area contributed by atoms with Gasteiger partial charge in [-0.3, -0.25) is 0 Å². The molecular formula is C14H11NO. The van der Waals surface area contributed by atoms with Crippen LogP contribution in [-0.2, 0) is 0 Å². The quantitative estimate of drug-likeness (QED) is 0.776. The van der Waals surface area contributed by atoms with Crippen LogP contribution in [-0.4, -0.2) is 0 Å². The molecule has 2 heteroatoms. The van der Waals surface area contributed by atoms with E-state index in [0.29, 0.717) is 0 Å². The summed E-state index contributed by atoms with van der Waals surface area (Å²) in [5, 5.41) is 3.35. The van der Waals surface area contributed by atoms with E-state index >= 15 is 0 Å². The van der Waals surface area contributed by atoms with Crippen LogP contribution < -0.4 is 10.1 Å². The fourth-order valence-corrected chi connectivity index (χ4v) is 1.73. The van der Waals surface area contributed by atoms with E-state index in [0.717, 1.165) is 22.7 Å². The lowest BCUT2D eigenvalue weighted by Gasteiger charge is -2.19. The van der Waals surface area contributed by atoms with Gasteiger partial charge in [0.2, 0.25) is 0 Å². The summed E-state index contributed by atoms with van der Waals surface area (Å²) < 4.78 is 5.57. The smallest absolute Gasteiger partial charge is 0.150 e. The third kappa shape index (κ3) is 1.54. The van der Waals surface area contributed by atoms with E-state index in [4.69, 9.17) is 4.74 Å². The molecule has 2 nitrogen and oxygen atoms in total. The Morgan fingerprint density at radius 3 is 2.44 bits per heavy atom. The topological polar surface area (TPSA) is 21.3 Å². The summed E-state index contributed by atoms with van der Waals surface area (Å²) in [7, 11) is 0. The number of hydrogen-bond acceptors (Lipinski definition) is 2. The predicted molar refractivity (Wildman–Crippen MR) is 65.1 cm³/mol. The molecule has 1 heterocycles. The molecule has 3 rings (SSSR count). The zero-order valence-electron chi connectivity index (χ0n) is 8.68. The van der Waals surface area contributed by atoms with Crippen molar-refractivity contribution >= 4 is 11.4 Å². The van der Waals surface area contributed by atoms with Crippen LogP contribution in [0.5, 0.6) is 5.75 Å². The van der Waals surface area contributed by atoms with E-state index in [9.17, 15) is 0 Å². The highest BCUT2D eigenvalue weighted by molar-refractivity contribution is 5.80. The summed E-state index contributed by atoms with van der Waals surface area (Å²) in [4.78, 5) is 0. The minimum Gasteiger partial charge on any atom is -0.461 e.